The predicted molar refractivity (Wildman–Crippen MR) is 110 cm³/mol. The first-order chi connectivity index (χ1) is 11.2. The van der Waals surface area contributed by atoms with Crippen molar-refractivity contribution in [1.82, 2.24) is 0 Å². The Morgan fingerprint density at radius 1 is 0.565 bits per heavy atom. The summed E-state index contributed by atoms with van der Waals surface area (Å²) in [5.41, 5.74) is 0. The van der Waals surface area contributed by atoms with E-state index in [2.05, 4.69) is 27.7 Å². The summed E-state index contributed by atoms with van der Waals surface area (Å²) in [5, 5.41) is 0. The number of unbranched alkanes of at least 4 members (excludes halogenated alkanes) is 8. The second kappa shape index (κ2) is 17.2. The SMILES string of the molecule is CCCCC[Si]O[Si](CCCCC)(CCCCC)CCCCC. The van der Waals surface area contributed by atoms with Crippen molar-refractivity contribution in [3.63, 3.8) is 0 Å². The summed E-state index contributed by atoms with van der Waals surface area (Å²) >= 11 is 0. The highest BCUT2D eigenvalue weighted by Crippen LogP contribution is 2.30. The van der Waals surface area contributed by atoms with Crippen LogP contribution in [-0.2, 0) is 4.12 Å². The van der Waals surface area contributed by atoms with Gasteiger partial charge in [0.15, 0.2) is 8.32 Å². The molecule has 0 aliphatic carbocycles. The molecule has 0 aromatic heterocycles. The van der Waals surface area contributed by atoms with E-state index >= 15 is 0 Å². The van der Waals surface area contributed by atoms with Crippen molar-refractivity contribution in [3.8, 4) is 0 Å². The van der Waals surface area contributed by atoms with Crippen molar-refractivity contribution in [2.75, 3.05) is 0 Å². The molecule has 0 N–H and O–H groups in total. The van der Waals surface area contributed by atoms with Crippen molar-refractivity contribution in [3.05, 3.63) is 0 Å². The van der Waals surface area contributed by atoms with Crippen LogP contribution in [0.5, 0.6) is 0 Å². The highest BCUT2D eigenvalue weighted by atomic mass is 28.4. The minimum atomic E-state index is -1.46. The van der Waals surface area contributed by atoms with Gasteiger partial charge in [-0.05, 0) is 24.2 Å². The molecule has 0 unspecified atom stereocenters. The largest absolute Gasteiger partial charge is 0.456 e. The minimum absolute atomic E-state index is 0.791. The normalized spacial score (nSPS) is 12.0. The Kier molecular flexibility index (Phi) is 17.5. The van der Waals surface area contributed by atoms with Crippen molar-refractivity contribution < 1.29 is 4.12 Å². The van der Waals surface area contributed by atoms with Crippen LogP contribution in [0.25, 0.3) is 0 Å². The molecule has 138 valence electrons. The minimum Gasteiger partial charge on any atom is -0.456 e. The molecule has 0 saturated carbocycles. The number of hydrogen-bond donors (Lipinski definition) is 0. The summed E-state index contributed by atoms with van der Waals surface area (Å²) in [4.78, 5) is 0. The highest BCUT2D eigenvalue weighted by Gasteiger charge is 2.32. The van der Waals surface area contributed by atoms with E-state index in [0.717, 1.165) is 9.76 Å². The molecule has 0 atom stereocenters. The fraction of sp³-hybridized carbons (Fsp3) is 1.00. The van der Waals surface area contributed by atoms with E-state index in [9.17, 15) is 0 Å². The Morgan fingerprint density at radius 2 is 0.957 bits per heavy atom. The zero-order valence-electron chi connectivity index (χ0n) is 16.7. The molecule has 0 saturated heterocycles. The zero-order valence-corrected chi connectivity index (χ0v) is 18.7. The lowest BCUT2D eigenvalue weighted by Gasteiger charge is -2.32. The standard InChI is InChI=1S/C20H44OSi2/c1-5-9-13-17-22-21-23(18-14-10-6-2,19-15-11-7-3)20-16-12-8-4/h5-20H2,1-4H3. The van der Waals surface area contributed by atoms with Gasteiger partial charge in [0.25, 0.3) is 0 Å². The molecule has 0 spiro atoms. The molecule has 0 amide bonds. The fourth-order valence-corrected chi connectivity index (χ4v) is 9.96. The van der Waals surface area contributed by atoms with Gasteiger partial charge < -0.3 is 4.12 Å². The van der Waals surface area contributed by atoms with E-state index in [1.54, 1.807) is 0 Å². The summed E-state index contributed by atoms with van der Waals surface area (Å²) in [6.07, 6.45) is 16.6. The average Bonchev–Trinajstić information content (AvgIpc) is 2.55. The van der Waals surface area contributed by atoms with Gasteiger partial charge in [0.2, 0.25) is 9.76 Å². The van der Waals surface area contributed by atoms with Crippen molar-refractivity contribution >= 4 is 18.1 Å². The summed E-state index contributed by atoms with van der Waals surface area (Å²) in [7, 11) is -0.664. The lowest BCUT2D eigenvalue weighted by molar-refractivity contribution is 0.528. The summed E-state index contributed by atoms with van der Waals surface area (Å²) in [5.74, 6) is 0. The third-order valence-corrected chi connectivity index (χ3v) is 11.5. The van der Waals surface area contributed by atoms with Gasteiger partial charge >= 0.3 is 0 Å². The van der Waals surface area contributed by atoms with Gasteiger partial charge in [-0.15, -0.1) is 0 Å². The lowest BCUT2D eigenvalue weighted by atomic mass is 10.3. The molecule has 1 nitrogen and oxygen atoms in total. The van der Waals surface area contributed by atoms with Gasteiger partial charge in [-0.25, -0.2) is 0 Å². The smallest absolute Gasteiger partial charge is 0.215 e. The van der Waals surface area contributed by atoms with Crippen molar-refractivity contribution in [2.45, 2.75) is 129 Å². The van der Waals surface area contributed by atoms with Crippen molar-refractivity contribution in [1.29, 1.82) is 0 Å². The first-order valence-corrected chi connectivity index (χ1v) is 14.3. The Hall–Kier alpha value is 0.394. The maximum atomic E-state index is 6.78. The molecule has 0 rings (SSSR count). The van der Waals surface area contributed by atoms with Crippen LogP contribution in [-0.4, -0.2) is 18.1 Å². The van der Waals surface area contributed by atoms with E-state index in [4.69, 9.17) is 4.12 Å². The molecular weight excluding hydrogens is 312 g/mol. The molecule has 0 aliphatic rings. The monoisotopic (exact) mass is 356 g/mol. The highest BCUT2D eigenvalue weighted by molar-refractivity contribution is 6.77. The molecule has 0 aromatic rings. The van der Waals surface area contributed by atoms with Crippen molar-refractivity contribution in [2.24, 2.45) is 0 Å². The second-order valence-electron chi connectivity index (χ2n) is 7.26. The summed E-state index contributed by atoms with van der Waals surface area (Å²) in [6.45, 7) is 9.27. The van der Waals surface area contributed by atoms with E-state index in [-0.39, 0.29) is 0 Å². The Balaban J connectivity index is 4.52. The Morgan fingerprint density at radius 3 is 1.35 bits per heavy atom. The molecule has 3 heteroatoms. The fourth-order valence-electron chi connectivity index (χ4n) is 3.27. The van der Waals surface area contributed by atoms with Crippen LogP contribution in [0.1, 0.15) is 105 Å². The maximum absolute atomic E-state index is 6.78. The third kappa shape index (κ3) is 13.4. The van der Waals surface area contributed by atoms with Gasteiger partial charge in [-0.2, -0.15) is 0 Å². The Labute approximate surface area is 151 Å². The molecule has 0 bridgehead atoms. The molecule has 0 heterocycles. The second-order valence-corrected chi connectivity index (χ2v) is 12.7. The molecular formula is C20H44OSi2. The van der Waals surface area contributed by atoms with Gasteiger partial charge in [0.1, 0.15) is 0 Å². The van der Waals surface area contributed by atoms with E-state index in [0.29, 0.717) is 0 Å². The summed E-state index contributed by atoms with van der Waals surface area (Å²) < 4.78 is 6.78. The topological polar surface area (TPSA) is 9.23 Å². The Bertz CT molecular complexity index is 207. The van der Waals surface area contributed by atoms with Crippen LogP contribution in [0.4, 0.5) is 0 Å². The molecule has 0 aromatic carbocycles. The number of rotatable bonds is 18. The maximum Gasteiger partial charge on any atom is 0.215 e. The first kappa shape index (κ1) is 23.4. The van der Waals surface area contributed by atoms with E-state index in [1.807, 2.05) is 0 Å². The van der Waals surface area contributed by atoms with Gasteiger partial charge in [0.05, 0.1) is 0 Å². The van der Waals surface area contributed by atoms with Crippen LogP contribution in [0.15, 0.2) is 0 Å². The van der Waals surface area contributed by atoms with E-state index in [1.165, 1.54) is 101 Å². The lowest BCUT2D eigenvalue weighted by Crippen LogP contribution is -2.39. The molecule has 2 radical (unpaired) electrons. The first-order valence-electron chi connectivity index (χ1n) is 10.7. The molecule has 0 aliphatic heterocycles. The van der Waals surface area contributed by atoms with Crippen LogP contribution >= 0.6 is 0 Å². The predicted octanol–water partition coefficient (Wildman–Crippen LogP) is 7.75. The zero-order chi connectivity index (χ0) is 17.2. The van der Waals surface area contributed by atoms with Crippen LogP contribution in [0.2, 0.25) is 24.2 Å². The summed E-state index contributed by atoms with van der Waals surface area (Å²) in [6, 6.07) is 5.64. The van der Waals surface area contributed by atoms with Gasteiger partial charge in [-0.3, -0.25) is 0 Å². The molecule has 23 heavy (non-hydrogen) atoms. The van der Waals surface area contributed by atoms with Crippen LogP contribution in [0.3, 0.4) is 0 Å². The molecule has 0 fully saturated rings. The van der Waals surface area contributed by atoms with Crippen LogP contribution in [0, 0.1) is 0 Å². The quantitative estimate of drug-likeness (QED) is 0.180. The van der Waals surface area contributed by atoms with E-state index < -0.39 is 8.32 Å². The van der Waals surface area contributed by atoms with Gasteiger partial charge in [-0.1, -0.05) is 105 Å². The van der Waals surface area contributed by atoms with Crippen LogP contribution < -0.4 is 0 Å². The number of hydrogen-bond acceptors (Lipinski definition) is 1. The third-order valence-electron chi connectivity index (χ3n) is 4.88. The van der Waals surface area contributed by atoms with Gasteiger partial charge in [0, 0.05) is 0 Å². The average molecular weight is 357 g/mol.